The Bertz CT molecular complexity index is 1100. The maximum Gasteiger partial charge on any atom is 0.419 e. The molecule has 0 saturated carbocycles. The molecule has 1 N–H and O–H groups in total. The molecule has 0 aliphatic carbocycles. The number of nitrogens with one attached hydrogen (secondary N) is 1. The van der Waals surface area contributed by atoms with E-state index in [0.717, 1.165) is 24.5 Å². The predicted octanol–water partition coefficient (Wildman–Crippen LogP) is 4.37. The lowest BCUT2D eigenvalue weighted by Crippen LogP contribution is -2.50. The molecule has 0 aromatic heterocycles. The lowest BCUT2D eigenvalue weighted by Gasteiger charge is -2.52. The Hall–Kier alpha value is -2.44. The van der Waals surface area contributed by atoms with Crippen molar-refractivity contribution in [1.82, 2.24) is 5.06 Å². The molecular weight excluding hydrogens is 435 g/mol. The van der Waals surface area contributed by atoms with E-state index >= 15 is 0 Å². The van der Waals surface area contributed by atoms with E-state index in [0.29, 0.717) is 12.1 Å². The minimum atomic E-state index is -5.03. The summed E-state index contributed by atoms with van der Waals surface area (Å²) in [5.41, 5.74) is -4.16. The summed E-state index contributed by atoms with van der Waals surface area (Å²) in [5.74, 6) is -2.86. The summed E-state index contributed by atoms with van der Waals surface area (Å²) in [6, 6.07) is 2.24. The first-order chi connectivity index (χ1) is 13.6. The van der Waals surface area contributed by atoms with Crippen LogP contribution in [0.25, 0.3) is 0 Å². The van der Waals surface area contributed by atoms with Gasteiger partial charge in [-0.3, -0.25) is 4.72 Å². The van der Waals surface area contributed by atoms with Crippen LogP contribution in [0, 0.1) is 16.8 Å². The largest absolute Gasteiger partial charge is 0.782 e. The Labute approximate surface area is 168 Å². The number of alkyl halides is 3. The third-order valence-electron chi connectivity index (χ3n) is 4.40. The Morgan fingerprint density at radius 2 is 1.77 bits per heavy atom. The van der Waals surface area contributed by atoms with Crippen molar-refractivity contribution in [2.75, 3.05) is 11.0 Å². The summed E-state index contributed by atoms with van der Waals surface area (Å²) in [7, 11) is -3.76. The normalized spacial score (nSPS) is 19.2. The number of halogens is 5. The van der Waals surface area contributed by atoms with E-state index in [4.69, 9.17) is 4.74 Å². The van der Waals surface area contributed by atoms with Crippen LogP contribution < -0.4 is 9.46 Å². The number of anilines is 1. The van der Waals surface area contributed by atoms with Gasteiger partial charge in [0, 0.05) is 6.07 Å². The molecule has 3 rings (SSSR count). The third kappa shape index (κ3) is 4.20. The van der Waals surface area contributed by atoms with E-state index in [9.17, 15) is 35.6 Å². The van der Waals surface area contributed by atoms with Gasteiger partial charge >= 0.3 is 6.18 Å². The molecule has 2 aromatic rings. The highest BCUT2D eigenvalue weighted by atomic mass is 32.2. The summed E-state index contributed by atoms with van der Waals surface area (Å²) in [5, 5.41) is 13.1. The van der Waals surface area contributed by atoms with Crippen molar-refractivity contribution >= 4 is 15.7 Å². The van der Waals surface area contributed by atoms with Gasteiger partial charge in [-0.25, -0.2) is 17.2 Å². The molecule has 1 aliphatic heterocycles. The molecule has 1 unspecified atom stereocenters. The Morgan fingerprint density at radius 3 is 2.33 bits per heavy atom. The van der Waals surface area contributed by atoms with Gasteiger partial charge < -0.3 is 15.0 Å². The SMILES string of the molecule is CC1(C)Oc2cc(NS(C)(=O)=O)cc(F)c2C(c2ccc(F)c(C(F)(F)F)c2)N1[O-]. The molecule has 1 aliphatic rings. The second kappa shape index (κ2) is 7.06. The second-order valence-corrected chi connectivity index (χ2v) is 9.01. The number of rotatable bonds is 3. The van der Waals surface area contributed by atoms with Gasteiger partial charge in [0.25, 0.3) is 0 Å². The number of hydrogen-bond donors (Lipinski definition) is 1. The summed E-state index contributed by atoms with van der Waals surface area (Å²) in [4.78, 5) is 0. The number of fused-ring (bicyclic) bond motifs is 1. The summed E-state index contributed by atoms with van der Waals surface area (Å²) in [6.45, 7) is 2.61. The van der Waals surface area contributed by atoms with E-state index < -0.39 is 50.7 Å². The van der Waals surface area contributed by atoms with Crippen LogP contribution in [0.5, 0.6) is 5.75 Å². The molecule has 0 saturated heterocycles. The first-order valence-electron chi connectivity index (χ1n) is 8.43. The van der Waals surface area contributed by atoms with E-state index in [1.807, 2.05) is 0 Å². The summed E-state index contributed by atoms with van der Waals surface area (Å²) >= 11 is 0. The third-order valence-corrected chi connectivity index (χ3v) is 5.01. The Morgan fingerprint density at radius 1 is 1.13 bits per heavy atom. The lowest BCUT2D eigenvalue weighted by atomic mass is 9.92. The van der Waals surface area contributed by atoms with Crippen molar-refractivity contribution in [2.45, 2.75) is 31.8 Å². The number of benzene rings is 2. The van der Waals surface area contributed by atoms with Crippen molar-refractivity contribution in [3.63, 3.8) is 0 Å². The van der Waals surface area contributed by atoms with Gasteiger partial charge in [-0.05, 0) is 37.6 Å². The number of sulfonamides is 1. The highest BCUT2D eigenvalue weighted by molar-refractivity contribution is 7.92. The van der Waals surface area contributed by atoms with Crippen molar-refractivity contribution in [3.05, 3.63) is 63.9 Å². The fraction of sp³-hybridized carbons (Fsp3) is 0.333. The van der Waals surface area contributed by atoms with Crippen LogP contribution in [-0.2, 0) is 16.2 Å². The summed E-state index contributed by atoms with van der Waals surface area (Å²) < 4.78 is 98.4. The van der Waals surface area contributed by atoms with Gasteiger partial charge in [0.15, 0.2) is 0 Å². The molecule has 0 fully saturated rings. The zero-order chi connectivity index (χ0) is 22.6. The first-order valence-corrected chi connectivity index (χ1v) is 10.3. The van der Waals surface area contributed by atoms with E-state index in [2.05, 4.69) is 4.72 Å². The van der Waals surface area contributed by atoms with E-state index in [1.54, 1.807) is 0 Å². The van der Waals surface area contributed by atoms with Gasteiger partial charge in [0.1, 0.15) is 23.1 Å². The maximum atomic E-state index is 14.9. The molecule has 1 atom stereocenters. The summed E-state index contributed by atoms with van der Waals surface area (Å²) in [6.07, 6.45) is -4.19. The maximum absolute atomic E-state index is 14.9. The number of nitrogens with zero attached hydrogens (tertiary/aromatic N) is 1. The van der Waals surface area contributed by atoms with Gasteiger partial charge in [-0.15, -0.1) is 0 Å². The molecule has 0 radical (unpaired) electrons. The predicted molar refractivity (Wildman–Crippen MR) is 98.0 cm³/mol. The monoisotopic (exact) mass is 451 g/mol. The Kier molecular flexibility index (Phi) is 5.24. The molecule has 0 bridgehead atoms. The standard InChI is InChI=1S/C18H16F5N2O4S/c1-17(2)25(26)16(9-4-5-12(19)11(6-9)18(21,22)23)15-13(20)7-10(8-14(15)29-17)24-30(3,27)28/h4-8,16,24H,1-3H3/q-1. The number of ether oxygens (including phenoxy) is 1. The average molecular weight is 451 g/mol. The number of hydrogen-bond acceptors (Lipinski definition) is 5. The van der Waals surface area contributed by atoms with Crippen molar-refractivity contribution in [2.24, 2.45) is 0 Å². The van der Waals surface area contributed by atoms with Crippen LogP contribution in [0.4, 0.5) is 27.6 Å². The minimum absolute atomic E-state index is 0.197. The first kappa shape index (κ1) is 22.2. The molecule has 164 valence electrons. The van der Waals surface area contributed by atoms with Crippen LogP contribution >= 0.6 is 0 Å². The quantitative estimate of drug-likeness (QED) is 0.701. The molecule has 1 heterocycles. The van der Waals surface area contributed by atoms with Gasteiger partial charge in [0.2, 0.25) is 10.0 Å². The molecule has 30 heavy (non-hydrogen) atoms. The van der Waals surface area contributed by atoms with E-state index in [-0.39, 0.29) is 22.1 Å². The average Bonchev–Trinajstić information content (AvgIpc) is 2.54. The van der Waals surface area contributed by atoms with Gasteiger partial charge in [-0.1, -0.05) is 6.07 Å². The molecular formula is C18H16F5N2O4S-. The molecule has 6 nitrogen and oxygen atoms in total. The topological polar surface area (TPSA) is 81.7 Å². The smallest absolute Gasteiger partial charge is 0.419 e. The van der Waals surface area contributed by atoms with Crippen molar-refractivity contribution < 1.29 is 35.1 Å². The zero-order valence-corrected chi connectivity index (χ0v) is 16.7. The molecule has 12 heteroatoms. The highest BCUT2D eigenvalue weighted by Gasteiger charge is 2.41. The van der Waals surface area contributed by atoms with Gasteiger partial charge in [-0.2, -0.15) is 13.2 Å². The second-order valence-electron chi connectivity index (χ2n) is 7.26. The van der Waals surface area contributed by atoms with Crippen LogP contribution in [0.15, 0.2) is 30.3 Å². The molecule has 0 spiro atoms. The fourth-order valence-corrected chi connectivity index (χ4v) is 3.74. The fourth-order valence-electron chi connectivity index (χ4n) is 3.19. The zero-order valence-electron chi connectivity index (χ0n) is 15.8. The Balaban J connectivity index is 2.22. The van der Waals surface area contributed by atoms with Crippen LogP contribution in [-0.4, -0.2) is 25.5 Å². The molecule has 0 amide bonds. The van der Waals surface area contributed by atoms with Crippen LogP contribution in [0.3, 0.4) is 0 Å². The minimum Gasteiger partial charge on any atom is -0.782 e. The van der Waals surface area contributed by atoms with Gasteiger partial charge in [0.05, 0.1) is 29.1 Å². The molecule has 2 aromatic carbocycles. The van der Waals surface area contributed by atoms with Crippen LogP contribution in [0.2, 0.25) is 0 Å². The number of hydroxylamine groups is 2. The van der Waals surface area contributed by atoms with Crippen molar-refractivity contribution in [1.29, 1.82) is 0 Å². The van der Waals surface area contributed by atoms with Crippen molar-refractivity contribution in [3.8, 4) is 5.75 Å². The lowest BCUT2D eigenvalue weighted by molar-refractivity contribution is -0.140. The highest BCUT2D eigenvalue weighted by Crippen LogP contribution is 2.47. The van der Waals surface area contributed by atoms with E-state index in [1.165, 1.54) is 13.8 Å². The van der Waals surface area contributed by atoms with Crippen LogP contribution in [0.1, 0.15) is 36.6 Å².